The zero-order valence-electron chi connectivity index (χ0n) is 10.6. The molecule has 0 aliphatic carbocycles. The van der Waals surface area contributed by atoms with Crippen molar-refractivity contribution >= 4 is 0 Å². The highest BCUT2D eigenvalue weighted by atomic mass is 16.5. The monoisotopic (exact) mass is 247 g/mol. The minimum Gasteiger partial charge on any atom is -0.490 e. The van der Waals surface area contributed by atoms with Gasteiger partial charge in [-0.1, -0.05) is 0 Å². The molecule has 1 aliphatic heterocycles. The van der Waals surface area contributed by atoms with Gasteiger partial charge < -0.3 is 14.8 Å². The molecule has 2 atom stereocenters. The molecule has 0 amide bonds. The molecule has 2 heterocycles. The van der Waals surface area contributed by atoms with Gasteiger partial charge in [-0.15, -0.1) is 0 Å². The molecule has 1 aliphatic rings. The second kappa shape index (κ2) is 5.69. The molecule has 0 bridgehead atoms. The molecule has 2 rings (SSSR count). The maximum absolute atomic E-state index is 8.99. The Morgan fingerprint density at radius 3 is 2.94 bits per heavy atom. The summed E-state index contributed by atoms with van der Waals surface area (Å²) in [5, 5.41) is 12.3. The van der Waals surface area contributed by atoms with Crippen LogP contribution in [0.1, 0.15) is 25.3 Å². The fourth-order valence-electron chi connectivity index (χ4n) is 2.03. The van der Waals surface area contributed by atoms with E-state index in [1.54, 1.807) is 12.3 Å². The Bertz CT molecular complexity index is 448. The molecule has 0 spiro atoms. The number of pyridine rings is 1. The van der Waals surface area contributed by atoms with E-state index in [-0.39, 0.29) is 6.10 Å². The fraction of sp³-hybridized carbons (Fsp3) is 0.538. The molecule has 1 aromatic rings. The van der Waals surface area contributed by atoms with Crippen LogP contribution in [0, 0.1) is 11.3 Å². The molecular weight excluding hydrogens is 230 g/mol. The highest BCUT2D eigenvalue weighted by Crippen LogP contribution is 2.29. The SMILES string of the molecule is COc1c(C#N)ccnc1OC1CCC(C)NC1. The van der Waals surface area contributed by atoms with E-state index >= 15 is 0 Å². The minimum atomic E-state index is 0.0801. The quantitative estimate of drug-likeness (QED) is 0.876. The van der Waals surface area contributed by atoms with Crippen LogP contribution in [0.3, 0.4) is 0 Å². The standard InChI is InChI=1S/C13H17N3O2/c1-9-3-4-11(8-16-9)18-13-12(17-2)10(7-14)5-6-15-13/h5-6,9,11,16H,3-4,8H2,1-2H3. The third kappa shape index (κ3) is 2.71. The van der Waals surface area contributed by atoms with Crippen LogP contribution in [0.25, 0.3) is 0 Å². The van der Waals surface area contributed by atoms with Crippen LogP contribution in [0.5, 0.6) is 11.6 Å². The molecule has 18 heavy (non-hydrogen) atoms. The molecule has 1 aromatic heterocycles. The molecule has 1 N–H and O–H groups in total. The summed E-state index contributed by atoms with van der Waals surface area (Å²) in [4.78, 5) is 4.15. The summed E-state index contributed by atoms with van der Waals surface area (Å²) in [5.41, 5.74) is 0.444. The van der Waals surface area contributed by atoms with E-state index in [0.717, 1.165) is 19.4 Å². The summed E-state index contributed by atoms with van der Waals surface area (Å²) < 4.78 is 11.0. The fourth-order valence-corrected chi connectivity index (χ4v) is 2.03. The van der Waals surface area contributed by atoms with Crippen LogP contribution in [0.4, 0.5) is 0 Å². The zero-order valence-corrected chi connectivity index (χ0v) is 10.6. The molecular formula is C13H17N3O2. The van der Waals surface area contributed by atoms with Crippen LogP contribution in [-0.4, -0.2) is 30.8 Å². The van der Waals surface area contributed by atoms with E-state index in [0.29, 0.717) is 23.2 Å². The number of piperidine rings is 1. The van der Waals surface area contributed by atoms with E-state index in [2.05, 4.69) is 23.3 Å². The van der Waals surface area contributed by atoms with Crippen molar-refractivity contribution in [2.45, 2.75) is 31.9 Å². The third-order valence-corrected chi connectivity index (χ3v) is 3.09. The third-order valence-electron chi connectivity index (χ3n) is 3.09. The molecule has 0 saturated carbocycles. The summed E-state index contributed by atoms with van der Waals surface area (Å²) >= 11 is 0. The molecule has 96 valence electrons. The van der Waals surface area contributed by atoms with Gasteiger partial charge in [-0.2, -0.15) is 5.26 Å². The molecule has 0 aromatic carbocycles. The van der Waals surface area contributed by atoms with E-state index in [1.807, 2.05) is 0 Å². The largest absolute Gasteiger partial charge is 0.490 e. The smallest absolute Gasteiger partial charge is 0.258 e. The van der Waals surface area contributed by atoms with Gasteiger partial charge in [-0.25, -0.2) is 4.98 Å². The van der Waals surface area contributed by atoms with Crippen molar-refractivity contribution in [3.05, 3.63) is 17.8 Å². The van der Waals surface area contributed by atoms with Crippen molar-refractivity contribution in [1.29, 1.82) is 5.26 Å². The highest BCUT2D eigenvalue weighted by Gasteiger charge is 2.21. The van der Waals surface area contributed by atoms with Crippen LogP contribution in [0.15, 0.2) is 12.3 Å². The van der Waals surface area contributed by atoms with Gasteiger partial charge >= 0.3 is 0 Å². The second-order valence-electron chi connectivity index (χ2n) is 4.44. The Labute approximate surface area is 107 Å². The molecule has 1 saturated heterocycles. The van der Waals surface area contributed by atoms with Gasteiger partial charge in [0.1, 0.15) is 17.7 Å². The van der Waals surface area contributed by atoms with Gasteiger partial charge in [-0.05, 0) is 25.8 Å². The number of nitrogens with zero attached hydrogens (tertiary/aromatic N) is 2. The first-order valence-corrected chi connectivity index (χ1v) is 6.07. The summed E-state index contributed by atoms with van der Waals surface area (Å²) in [6.45, 7) is 2.95. The first-order chi connectivity index (χ1) is 8.74. The van der Waals surface area contributed by atoms with Gasteiger partial charge in [0.05, 0.1) is 7.11 Å². The van der Waals surface area contributed by atoms with Crippen LogP contribution < -0.4 is 14.8 Å². The Hall–Kier alpha value is -1.80. The van der Waals surface area contributed by atoms with Gasteiger partial charge in [0.25, 0.3) is 5.88 Å². The maximum Gasteiger partial charge on any atom is 0.258 e. The number of hydrogen-bond acceptors (Lipinski definition) is 5. The lowest BCUT2D eigenvalue weighted by Gasteiger charge is -2.28. The minimum absolute atomic E-state index is 0.0801. The molecule has 5 heteroatoms. The van der Waals surface area contributed by atoms with Crippen molar-refractivity contribution < 1.29 is 9.47 Å². The van der Waals surface area contributed by atoms with Crippen molar-refractivity contribution in [2.24, 2.45) is 0 Å². The van der Waals surface area contributed by atoms with Crippen molar-refractivity contribution in [3.63, 3.8) is 0 Å². The lowest BCUT2D eigenvalue weighted by Crippen LogP contribution is -2.42. The van der Waals surface area contributed by atoms with Crippen molar-refractivity contribution in [1.82, 2.24) is 10.3 Å². The lowest BCUT2D eigenvalue weighted by atomic mass is 10.0. The van der Waals surface area contributed by atoms with Crippen LogP contribution in [-0.2, 0) is 0 Å². The number of hydrogen-bond donors (Lipinski definition) is 1. The zero-order chi connectivity index (χ0) is 13.0. The lowest BCUT2D eigenvalue weighted by molar-refractivity contribution is 0.141. The van der Waals surface area contributed by atoms with E-state index in [9.17, 15) is 0 Å². The average molecular weight is 247 g/mol. The summed E-state index contributed by atoms with van der Waals surface area (Å²) in [6, 6.07) is 4.22. The van der Waals surface area contributed by atoms with Crippen LogP contribution in [0.2, 0.25) is 0 Å². The van der Waals surface area contributed by atoms with Gasteiger partial charge in [0.2, 0.25) is 0 Å². The van der Waals surface area contributed by atoms with Gasteiger partial charge in [0, 0.05) is 18.8 Å². The first kappa shape index (κ1) is 12.7. The second-order valence-corrected chi connectivity index (χ2v) is 4.44. The molecule has 0 radical (unpaired) electrons. The average Bonchev–Trinajstić information content (AvgIpc) is 2.41. The normalized spacial score (nSPS) is 23.2. The molecule has 5 nitrogen and oxygen atoms in total. The predicted octanol–water partition coefficient (Wildman–Crippen LogP) is 1.48. The number of ether oxygens (including phenoxy) is 2. The van der Waals surface area contributed by atoms with E-state index in [1.165, 1.54) is 7.11 Å². The van der Waals surface area contributed by atoms with Crippen molar-refractivity contribution in [3.8, 4) is 17.7 Å². The molecule has 2 unspecified atom stereocenters. The first-order valence-electron chi connectivity index (χ1n) is 6.07. The number of nitrogens with one attached hydrogen (secondary N) is 1. The van der Waals surface area contributed by atoms with Gasteiger partial charge in [-0.3, -0.25) is 0 Å². The summed E-state index contributed by atoms with van der Waals surface area (Å²) in [5.74, 6) is 0.816. The Morgan fingerprint density at radius 2 is 2.33 bits per heavy atom. The number of aromatic nitrogens is 1. The number of methoxy groups -OCH3 is 1. The van der Waals surface area contributed by atoms with E-state index in [4.69, 9.17) is 14.7 Å². The highest BCUT2D eigenvalue weighted by molar-refractivity contribution is 5.48. The topological polar surface area (TPSA) is 67.2 Å². The Kier molecular flexibility index (Phi) is 4.00. The number of rotatable bonds is 3. The number of nitriles is 1. The summed E-state index contributed by atoms with van der Waals surface area (Å²) in [6.07, 6.45) is 3.70. The summed E-state index contributed by atoms with van der Waals surface area (Å²) in [7, 11) is 1.52. The Morgan fingerprint density at radius 1 is 1.50 bits per heavy atom. The van der Waals surface area contributed by atoms with E-state index < -0.39 is 0 Å². The Balaban J connectivity index is 2.12. The van der Waals surface area contributed by atoms with Gasteiger partial charge in [0.15, 0.2) is 5.75 Å². The molecule has 1 fully saturated rings. The van der Waals surface area contributed by atoms with Crippen molar-refractivity contribution in [2.75, 3.05) is 13.7 Å². The predicted molar refractivity (Wildman–Crippen MR) is 66.6 cm³/mol. The maximum atomic E-state index is 8.99. The van der Waals surface area contributed by atoms with Crippen LogP contribution >= 0.6 is 0 Å².